The van der Waals surface area contributed by atoms with E-state index in [0.29, 0.717) is 74.0 Å². The van der Waals surface area contributed by atoms with Gasteiger partial charge in [0.25, 0.3) is 0 Å². The van der Waals surface area contributed by atoms with Crippen molar-refractivity contribution in [1.29, 1.82) is 0 Å². The normalized spacial score (nSPS) is 11.3. The molecule has 0 radical (unpaired) electrons. The Morgan fingerprint density at radius 1 is 0.333 bits per heavy atom. The van der Waals surface area contributed by atoms with Gasteiger partial charge in [0.15, 0.2) is 0 Å². The second kappa shape index (κ2) is 34.2. The highest BCUT2D eigenvalue weighted by molar-refractivity contribution is 9.11. The molecular weight excluding hydrogens is 1040 g/mol. The summed E-state index contributed by atoms with van der Waals surface area (Å²) in [4.78, 5) is 0. The first-order chi connectivity index (χ1) is 35.3. The first-order valence-electron chi connectivity index (χ1n) is 27.8. The van der Waals surface area contributed by atoms with Crippen LogP contribution in [0.15, 0.2) is 57.7 Å². The van der Waals surface area contributed by atoms with E-state index >= 15 is 0 Å². The maximum atomic E-state index is 6.68. The molecule has 0 spiro atoms. The molecule has 0 amide bonds. The lowest BCUT2D eigenvalue weighted by atomic mass is 10.0. The lowest BCUT2D eigenvalue weighted by Crippen LogP contribution is -2.05. The van der Waals surface area contributed by atoms with Crippen molar-refractivity contribution in [1.82, 2.24) is 30.0 Å². The van der Waals surface area contributed by atoms with Gasteiger partial charge in [0.05, 0.1) is 61.0 Å². The van der Waals surface area contributed by atoms with E-state index < -0.39 is 0 Å². The highest BCUT2D eigenvalue weighted by atomic mass is 79.9. The highest BCUT2D eigenvalue weighted by Crippen LogP contribution is 2.43. The average Bonchev–Trinajstić information content (AvgIpc) is 4.09. The third kappa shape index (κ3) is 19.2. The van der Waals surface area contributed by atoms with Crippen LogP contribution in [-0.4, -0.2) is 69.6 Å². The summed E-state index contributed by atoms with van der Waals surface area (Å²) in [5, 5.41) is 19.1. The number of ether oxygens (including phenoxy) is 6. The number of unbranched alkanes of at least 4 members (excludes halogenated alkanes) is 18. The first-order valence-corrected chi connectivity index (χ1v) is 29.4. The highest BCUT2D eigenvalue weighted by Gasteiger charge is 2.23. The van der Waals surface area contributed by atoms with Gasteiger partial charge in [-0.05, 0) is 88.6 Å². The minimum absolute atomic E-state index is 0.560. The number of nitrogens with zero attached hydrogens (tertiary/aromatic N) is 6. The minimum Gasteiger partial charge on any atom is -0.493 e. The van der Waals surface area contributed by atoms with E-state index in [2.05, 4.69) is 79.5 Å². The SMILES string of the molecule is CCCCCCOc1cc(OCCCCCC)c(-n2cc(-c3cc(-c4cn(-c5cc(Br)c(OCCCCCC)cc5OCCCCCC)nn4)c(OCCCCCC)cc3OCCCCCC)nn2)cc1Br. The number of halogens is 2. The van der Waals surface area contributed by atoms with Crippen LogP contribution in [0.3, 0.4) is 0 Å². The van der Waals surface area contributed by atoms with Crippen molar-refractivity contribution in [3.63, 3.8) is 0 Å². The van der Waals surface area contributed by atoms with Crippen molar-refractivity contribution in [3.8, 4) is 68.4 Å². The molecule has 0 fully saturated rings. The van der Waals surface area contributed by atoms with Crippen molar-refractivity contribution in [3.05, 3.63) is 57.7 Å². The Morgan fingerprint density at radius 2 is 0.611 bits per heavy atom. The zero-order valence-electron chi connectivity index (χ0n) is 44.7. The molecular formula is C58H86Br2N6O6. The molecule has 0 bridgehead atoms. The fourth-order valence-electron chi connectivity index (χ4n) is 8.34. The van der Waals surface area contributed by atoms with Gasteiger partial charge in [-0.1, -0.05) is 168 Å². The van der Waals surface area contributed by atoms with E-state index in [1.54, 1.807) is 9.36 Å². The zero-order valence-corrected chi connectivity index (χ0v) is 47.9. The van der Waals surface area contributed by atoms with Crippen LogP contribution in [0.25, 0.3) is 33.9 Å². The predicted octanol–water partition coefficient (Wildman–Crippen LogP) is 17.5. The van der Waals surface area contributed by atoms with Crippen LogP contribution in [0.2, 0.25) is 0 Å². The molecule has 2 aromatic heterocycles. The molecule has 0 atom stereocenters. The maximum absolute atomic E-state index is 6.68. The van der Waals surface area contributed by atoms with Gasteiger partial charge in [-0.15, -0.1) is 10.2 Å². The van der Waals surface area contributed by atoms with E-state index in [9.17, 15) is 0 Å². The van der Waals surface area contributed by atoms with Gasteiger partial charge >= 0.3 is 0 Å². The minimum atomic E-state index is 0.560. The van der Waals surface area contributed by atoms with Crippen LogP contribution >= 0.6 is 31.9 Å². The van der Waals surface area contributed by atoms with Crippen molar-refractivity contribution >= 4 is 31.9 Å². The van der Waals surface area contributed by atoms with Crippen molar-refractivity contribution in [2.24, 2.45) is 0 Å². The number of hydrogen-bond donors (Lipinski definition) is 0. The van der Waals surface area contributed by atoms with Crippen molar-refractivity contribution in [2.45, 2.75) is 196 Å². The molecule has 0 saturated heterocycles. The standard InChI is InChI=1S/C58H86Br2N6O6/c1-7-13-19-25-31-67-53-40-54(68-32-26-20-14-8-2)46(50-44-66(64-62-50)52-39-48(60)56(70-34-28-22-16-10-4)42-58(52)72-36-30-24-18-12-6)37-45(53)49-43-65(63-61-49)51-38-47(59)55(69-33-27-21-15-9-3)41-57(51)71-35-29-23-17-11-5/h37-44H,7-36H2,1-6H3. The largest absolute Gasteiger partial charge is 0.493 e. The topological polar surface area (TPSA) is 117 Å². The molecule has 0 unspecified atom stereocenters. The second-order valence-electron chi connectivity index (χ2n) is 18.9. The summed E-state index contributed by atoms with van der Waals surface area (Å²) in [6, 6.07) is 12.1. The van der Waals surface area contributed by atoms with Crippen LogP contribution in [0, 0.1) is 0 Å². The van der Waals surface area contributed by atoms with Gasteiger partial charge in [-0.25, -0.2) is 9.36 Å². The van der Waals surface area contributed by atoms with E-state index in [4.69, 9.17) is 49.0 Å². The van der Waals surface area contributed by atoms with Gasteiger partial charge < -0.3 is 28.4 Å². The lowest BCUT2D eigenvalue weighted by molar-refractivity contribution is 0.288. The summed E-state index contributed by atoms with van der Waals surface area (Å²) in [7, 11) is 0. The van der Waals surface area contributed by atoms with E-state index in [-0.39, 0.29) is 0 Å². The first kappa shape index (κ1) is 58.6. The van der Waals surface area contributed by atoms with Crippen LogP contribution in [0.5, 0.6) is 34.5 Å². The Bertz CT molecular complexity index is 2130. The van der Waals surface area contributed by atoms with E-state index in [0.717, 1.165) is 159 Å². The Hall–Kier alpha value is -4.30. The smallest absolute Gasteiger partial charge is 0.148 e. The summed E-state index contributed by atoms with van der Waals surface area (Å²) in [5.41, 5.74) is 4.33. The Kier molecular flexibility index (Phi) is 27.9. The van der Waals surface area contributed by atoms with E-state index in [1.165, 1.54) is 38.5 Å². The lowest BCUT2D eigenvalue weighted by Gasteiger charge is -2.17. The average molecular weight is 1120 g/mol. The van der Waals surface area contributed by atoms with Gasteiger partial charge in [-0.3, -0.25) is 0 Å². The second-order valence-corrected chi connectivity index (χ2v) is 20.6. The Balaban J connectivity index is 1.57. The monoisotopic (exact) mass is 1120 g/mol. The zero-order chi connectivity index (χ0) is 51.2. The molecule has 2 heterocycles. The van der Waals surface area contributed by atoms with Crippen molar-refractivity contribution < 1.29 is 28.4 Å². The molecule has 72 heavy (non-hydrogen) atoms. The molecule has 0 saturated carbocycles. The Labute approximate surface area is 449 Å². The van der Waals surface area contributed by atoms with E-state index in [1.807, 2.05) is 42.7 Å². The van der Waals surface area contributed by atoms with Gasteiger partial charge in [-0.2, -0.15) is 0 Å². The summed E-state index contributed by atoms with van der Waals surface area (Å²) >= 11 is 7.63. The molecule has 0 aliphatic rings. The molecule has 14 heteroatoms. The summed E-state index contributed by atoms with van der Waals surface area (Å²) in [6.07, 6.45) is 30.4. The van der Waals surface area contributed by atoms with Crippen LogP contribution in [0.1, 0.15) is 196 Å². The molecule has 398 valence electrons. The third-order valence-corrected chi connectivity index (χ3v) is 13.9. The van der Waals surface area contributed by atoms with Crippen LogP contribution < -0.4 is 28.4 Å². The molecule has 12 nitrogen and oxygen atoms in total. The quantitative estimate of drug-likeness (QED) is 0.0351. The van der Waals surface area contributed by atoms with Gasteiger partial charge in [0, 0.05) is 29.3 Å². The molecule has 0 N–H and O–H groups in total. The third-order valence-electron chi connectivity index (χ3n) is 12.7. The van der Waals surface area contributed by atoms with Gasteiger partial charge in [0.2, 0.25) is 0 Å². The summed E-state index contributed by atoms with van der Waals surface area (Å²) in [5.74, 6) is 4.22. The van der Waals surface area contributed by atoms with Gasteiger partial charge in [0.1, 0.15) is 57.3 Å². The summed E-state index contributed by atoms with van der Waals surface area (Å²) in [6.45, 7) is 16.9. The maximum Gasteiger partial charge on any atom is 0.148 e. The number of rotatable bonds is 40. The van der Waals surface area contributed by atoms with Crippen LogP contribution in [0.4, 0.5) is 0 Å². The molecule has 5 rings (SSSR count). The predicted molar refractivity (Wildman–Crippen MR) is 300 cm³/mol. The molecule has 0 aliphatic carbocycles. The molecule has 3 aromatic carbocycles. The Morgan fingerprint density at radius 3 is 0.917 bits per heavy atom. The summed E-state index contributed by atoms with van der Waals surface area (Å²) < 4.78 is 44.2. The number of aromatic nitrogens is 6. The molecule has 0 aliphatic heterocycles. The van der Waals surface area contributed by atoms with Crippen molar-refractivity contribution in [2.75, 3.05) is 39.6 Å². The number of hydrogen-bond acceptors (Lipinski definition) is 10. The fraction of sp³-hybridized carbons (Fsp3) is 0.621. The number of benzene rings is 3. The fourth-order valence-corrected chi connectivity index (χ4v) is 9.23. The molecule has 5 aromatic rings. The van der Waals surface area contributed by atoms with Crippen LogP contribution in [-0.2, 0) is 0 Å².